The number of aliphatic hydroxyl groups excluding tert-OH is 1. The predicted octanol–water partition coefficient (Wildman–Crippen LogP) is 1.82. The Morgan fingerprint density at radius 1 is 1.23 bits per heavy atom. The van der Waals surface area contributed by atoms with E-state index in [9.17, 15) is 14.5 Å². The minimum Gasteiger partial charge on any atom is -0.396 e. The number of hydrogen-bond donors (Lipinski definition) is 6. The highest BCUT2D eigenvalue weighted by atomic mass is 31.2. The highest BCUT2D eigenvalue weighted by Gasteiger charge is 2.27. The van der Waals surface area contributed by atoms with Crippen LogP contribution < -0.4 is 16.5 Å². The molecule has 0 amide bonds. The zero-order valence-electron chi connectivity index (χ0n) is 21.3. The lowest BCUT2D eigenvalue weighted by Crippen LogP contribution is -2.34. The van der Waals surface area contributed by atoms with Gasteiger partial charge in [-0.15, -0.1) is 0 Å². The third kappa shape index (κ3) is 8.30. The van der Waals surface area contributed by atoms with Gasteiger partial charge in [0.15, 0.2) is 17.0 Å². The molecule has 2 aliphatic rings. The first-order chi connectivity index (χ1) is 18.6. The maximum absolute atomic E-state index is 11.1. The average molecular weight is 562 g/mol. The molecule has 0 unspecified atom stereocenters. The molecule has 39 heavy (non-hydrogen) atoms. The molecule has 1 fully saturated rings. The van der Waals surface area contributed by atoms with E-state index >= 15 is 0 Å². The van der Waals surface area contributed by atoms with Crippen LogP contribution in [0.4, 0.5) is 11.8 Å². The number of hydrogen-bond acceptors (Lipinski definition) is 11. The Morgan fingerprint density at radius 3 is 2.62 bits per heavy atom. The Labute approximate surface area is 224 Å². The first-order valence-corrected chi connectivity index (χ1v) is 13.9. The molecule has 1 aromatic carbocycles. The van der Waals surface area contributed by atoms with Crippen molar-refractivity contribution in [1.29, 1.82) is 0 Å². The van der Waals surface area contributed by atoms with E-state index in [4.69, 9.17) is 20.4 Å². The number of benzene rings is 1. The van der Waals surface area contributed by atoms with Crippen LogP contribution in [-0.2, 0) is 25.3 Å². The number of carbonyl (C=O) groups excluding carboxylic acids is 1. The summed E-state index contributed by atoms with van der Waals surface area (Å²) >= 11 is 0. The fourth-order valence-electron chi connectivity index (χ4n) is 3.86. The zero-order chi connectivity index (χ0) is 28.0. The number of phosphoric ester groups is 1. The fourth-order valence-corrected chi connectivity index (χ4v) is 4.25. The Hall–Kier alpha value is -3.39. The molecule has 0 aliphatic heterocycles. The van der Waals surface area contributed by atoms with E-state index in [1.54, 1.807) is 6.33 Å². The van der Waals surface area contributed by atoms with Crippen molar-refractivity contribution < 1.29 is 33.6 Å². The fraction of sp³-hybridized carbons (Fsp3) is 0.417. The van der Waals surface area contributed by atoms with Gasteiger partial charge >= 0.3 is 13.8 Å². The molecule has 0 bridgehead atoms. The summed E-state index contributed by atoms with van der Waals surface area (Å²) in [6, 6.07) is 8.86. The first kappa shape index (κ1) is 28.6. The number of imidazole rings is 1. The summed E-state index contributed by atoms with van der Waals surface area (Å²) in [7, 11) is -4.81. The molecule has 5 rings (SSSR count). The van der Waals surface area contributed by atoms with Crippen molar-refractivity contribution in [3.05, 3.63) is 54.4 Å². The van der Waals surface area contributed by atoms with Gasteiger partial charge in [-0.2, -0.15) is 15.4 Å². The molecule has 3 aromatic rings. The van der Waals surface area contributed by atoms with Crippen molar-refractivity contribution in [3.8, 4) is 0 Å². The minimum atomic E-state index is -4.81. The number of nitrogens with two attached hydrogens (primary N) is 1. The van der Waals surface area contributed by atoms with Crippen LogP contribution in [0.1, 0.15) is 37.8 Å². The van der Waals surface area contributed by atoms with Crippen molar-refractivity contribution in [3.63, 3.8) is 0 Å². The van der Waals surface area contributed by atoms with Gasteiger partial charge < -0.3 is 25.2 Å². The van der Waals surface area contributed by atoms with Gasteiger partial charge in [0, 0.05) is 18.6 Å². The van der Waals surface area contributed by atoms with E-state index in [1.165, 1.54) is 6.92 Å². The van der Waals surface area contributed by atoms with Gasteiger partial charge in [0.2, 0.25) is 5.95 Å². The van der Waals surface area contributed by atoms with Crippen molar-refractivity contribution >= 4 is 36.7 Å². The van der Waals surface area contributed by atoms with E-state index in [1.807, 2.05) is 41.0 Å². The smallest absolute Gasteiger partial charge is 0.396 e. The van der Waals surface area contributed by atoms with Crippen molar-refractivity contribution in [2.75, 3.05) is 17.7 Å². The van der Waals surface area contributed by atoms with E-state index in [0.29, 0.717) is 6.04 Å². The van der Waals surface area contributed by atoms with Crippen LogP contribution in [0.3, 0.4) is 0 Å². The maximum Gasteiger partial charge on any atom is 0.527 e. The average Bonchev–Trinajstić information content (AvgIpc) is 3.40. The third-order valence-corrected chi connectivity index (χ3v) is 6.42. The topological polar surface area (TPSA) is 207 Å². The highest BCUT2D eigenvalue weighted by molar-refractivity contribution is 7.46. The van der Waals surface area contributed by atoms with E-state index in [0.717, 1.165) is 41.8 Å². The molecule has 0 radical (unpaired) electrons. The van der Waals surface area contributed by atoms with Gasteiger partial charge in [-0.25, -0.2) is 14.3 Å². The molecule has 2 aliphatic carbocycles. The molecule has 0 spiro atoms. The summed E-state index contributed by atoms with van der Waals surface area (Å²) in [5.74, 6) is 0.0969. The van der Waals surface area contributed by atoms with Crippen molar-refractivity contribution in [2.45, 2.75) is 50.9 Å². The van der Waals surface area contributed by atoms with Gasteiger partial charge in [0.25, 0.3) is 0 Å². The number of carbonyl (C=O) groups is 1. The molecular weight excluding hydrogens is 529 g/mol. The number of fused-ring (bicyclic) bond motifs is 1. The number of anilines is 2. The molecule has 3 atom stereocenters. The number of nitrogens with one attached hydrogen (secondary N) is 2. The number of hydroxylamine groups is 1. The number of allylic oxidation sites excluding steroid dienone is 1. The van der Waals surface area contributed by atoms with Gasteiger partial charge in [-0.3, -0.25) is 14.6 Å². The number of aliphatic hydroxyl groups is 1. The number of nitrogen functional groups attached to an aromatic ring is 1. The second-order valence-electron chi connectivity index (χ2n) is 9.32. The zero-order valence-corrected chi connectivity index (χ0v) is 22.1. The van der Waals surface area contributed by atoms with E-state index < -0.39 is 19.8 Å². The molecule has 2 aromatic heterocycles. The predicted molar refractivity (Wildman–Crippen MR) is 142 cm³/mol. The largest absolute Gasteiger partial charge is 0.527 e. The molecular formula is C24H32N7O7P. The summed E-state index contributed by atoms with van der Waals surface area (Å²) in [4.78, 5) is 46.1. The molecule has 0 saturated heterocycles. The van der Waals surface area contributed by atoms with Crippen LogP contribution in [0.2, 0.25) is 0 Å². The third-order valence-electron chi connectivity index (χ3n) is 6.00. The first-order valence-electron chi connectivity index (χ1n) is 12.4. The molecule has 210 valence electrons. The second kappa shape index (κ2) is 12.6. The molecule has 15 heteroatoms. The lowest BCUT2D eigenvalue weighted by molar-refractivity contribution is -0.142. The van der Waals surface area contributed by atoms with Gasteiger partial charge in [0.05, 0.1) is 19.0 Å². The van der Waals surface area contributed by atoms with E-state index in [-0.39, 0.29) is 31.1 Å². The van der Waals surface area contributed by atoms with Crippen LogP contribution in [0.15, 0.2) is 48.8 Å². The van der Waals surface area contributed by atoms with Crippen LogP contribution in [0.25, 0.3) is 11.2 Å². The quantitative estimate of drug-likeness (QED) is 0.119. The summed E-state index contributed by atoms with van der Waals surface area (Å²) in [5, 5.41) is 12.6. The Bertz CT molecular complexity index is 1340. The Kier molecular flexibility index (Phi) is 9.28. The number of rotatable bonds is 10. The SMILES string of the molecule is C[C@H](NOCc1ccccc1)C(=O)OP(=O)(O)O.Nc1nc(NC2CC2)c2ncn([C@H]3C=C[C@@H](CO)C3)c2n1. The normalized spacial score (nSPS) is 19.4. The summed E-state index contributed by atoms with van der Waals surface area (Å²) < 4.78 is 16.3. The van der Waals surface area contributed by atoms with Crippen molar-refractivity contribution in [2.24, 2.45) is 5.92 Å². The van der Waals surface area contributed by atoms with E-state index in [2.05, 4.69) is 36.3 Å². The second-order valence-corrected chi connectivity index (χ2v) is 10.5. The highest BCUT2D eigenvalue weighted by Crippen LogP contribution is 2.36. The van der Waals surface area contributed by atoms with Gasteiger partial charge in [-0.05, 0) is 31.7 Å². The molecule has 7 N–H and O–H groups in total. The number of aromatic nitrogens is 4. The lowest BCUT2D eigenvalue weighted by Gasteiger charge is -2.13. The van der Waals surface area contributed by atoms with Crippen LogP contribution >= 0.6 is 7.82 Å². The van der Waals surface area contributed by atoms with Crippen LogP contribution in [0.5, 0.6) is 0 Å². The van der Waals surface area contributed by atoms with Crippen molar-refractivity contribution in [1.82, 2.24) is 25.0 Å². The minimum absolute atomic E-state index is 0.162. The Balaban J connectivity index is 0.000000184. The summed E-state index contributed by atoms with van der Waals surface area (Å²) in [5.41, 5.74) is 10.6. The monoisotopic (exact) mass is 561 g/mol. The molecule has 2 heterocycles. The van der Waals surface area contributed by atoms with Gasteiger partial charge in [0.1, 0.15) is 6.04 Å². The van der Waals surface area contributed by atoms with Crippen LogP contribution in [-0.4, -0.2) is 59.1 Å². The Morgan fingerprint density at radius 2 is 1.97 bits per heavy atom. The maximum atomic E-state index is 11.1. The standard InChI is InChI=1S/C14H18N6O.C10H14NO6P/c15-14-18-12(17-9-2-3-9)11-13(19-14)20(7-16-11)10-4-1-8(5-10)6-21;1-8(10(12)17-18(13,14)15)11-16-7-9-5-3-2-4-6-9/h1,4,7-10,21H,2-3,5-6H2,(H3,15,17,18,19);2-6,8,11H,7H2,1H3,(H2,13,14,15)/t8-,10+;8-/m10/s1. The van der Waals surface area contributed by atoms with Gasteiger partial charge in [-0.1, -0.05) is 42.5 Å². The lowest BCUT2D eigenvalue weighted by atomic mass is 10.1. The number of phosphoric acid groups is 1. The summed E-state index contributed by atoms with van der Waals surface area (Å²) in [6.07, 6.45) is 9.10. The van der Waals surface area contributed by atoms with Crippen LogP contribution in [0, 0.1) is 5.92 Å². The molecule has 1 saturated carbocycles. The molecule has 14 nitrogen and oxygen atoms in total. The number of nitrogens with zero attached hydrogens (tertiary/aromatic N) is 4. The summed E-state index contributed by atoms with van der Waals surface area (Å²) in [6.45, 7) is 1.75.